The minimum absolute atomic E-state index is 0.00442. The lowest BCUT2D eigenvalue weighted by atomic mass is 9.72. The molecule has 0 bridgehead atoms. The predicted octanol–water partition coefficient (Wildman–Crippen LogP) is 3.39. The van der Waals surface area contributed by atoms with Crippen LogP contribution in [0.3, 0.4) is 0 Å². The van der Waals surface area contributed by atoms with Gasteiger partial charge < -0.3 is 78.3 Å². The van der Waals surface area contributed by atoms with Crippen LogP contribution in [0, 0.1) is 0 Å². The van der Waals surface area contributed by atoms with Crippen LogP contribution < -0.4 is 0 Å². The minimum atomic E-state index is -1.12. The van der Waals surface area contributed by atoms with Gasteiger partial charge >= 0.3 is 0 Å². The molecule has 2 aromatic rings. The van der Waals surface area contributed by atoms with Crippen molar-refractivity contribution in [1.82, 2.24) is 9.80 Å². The van der Waals surface area contributed by atoms with Crippen LogP contribution in [-0.2, 0) is 44.3 Å². The van der Waals surface area contributed by atoms with E-state index in [1.165, 1.54) is 18.2 Å². The average molecular weight is 929 g/mol. The molecule has 4 fully saturated rings. The van der Waals surface area contributed by atoms with Crippen molar-refractivity contribution in [3.05, 3.63) is 51.6 Å². The van der Waals surface area contributed by atoms with E-state index in [9.17, 15) is 40.2 Å². The highest BCUT2D eigenvalue weighted by Crippen LogP contribution is 2.54. The second kappa shape index (κ2) is 19.2. The van der Waals surface area contributed by atoms with Gasteiger partial charge in [-0.2, -0.15) is 0 Å². The van der Waals surface area contributed by atoms with Crippen molar-refractivity contribution in [3.63, 3.8) is 0 Å². The number of benzene rings is 2. The van der Waals surface area contributed by atoms with Crippen LogP contribution >= 0.6 is 0 Å². The molecular formula is C48H68N2O16. The summed E-state index contributed by atoms with van der Waals surface area (Å²) in [6.45, 7) is 9.14. The summed E-state index contributed by atoms with van der Waals surface area (Å²) in [5.74, 6) is -3.01. The monoisotopic (exact) mass is 928 g/mol. The molecule has 0 amide bonds. The molecule has 8 rings (SSSR count). The van der Waals surface area contributed by atoms with E-state index < -0.39 is 126 Å². The van der Waals surface area contributed by atoms with Crippen LogP contribution in [0.25, 0.3) is 0 Å². The fourth-order valence-electron chi connectivity index (χ4n) is 11.0. The Kier molecular flexibility index (Phi) is 14.3. The van der Waals surface area contributed by atoms with Gasteiger partial charge in [-0.05, 0) is 74.8 Å². The highest BCUT2D eigenvalue weighted by atomic mass is 16.7. The first-order chi connectivity index (χ1) is 31.2. The van der Waals surface area contributed by atoms with Crippen molar-refractivity contribution in [2.75, 3.05) is 28.2 Å². The Bertz CT molecular complexity index is 2110. The molecule has 4 aliphatic heterocycles. The van der Waals surface area contributed by atoms with Gasteiger partial charge in [0.25, 0.3) is 0 Å². The van der Waals surface area contributed by atoms with Crippen LogP contribution in [-0.4, -0.2) is 178 Å². The first-order valence-electron chi connectivity index (χ1n) is 23.4. The summed E-state index contributed by atoms with van der Waals surface area (Å²) < 4.78 is 51.5. The number of ether oxygens (including phenoxy) is 8. The number of rotatable bonds is 11. The van der Waals surface area contributed by atoms with E-state index in [2.05, 4.69) is 0 Å². The molecule has 2 aromatic carbocycles. The number of ketones is 2. The van der Waals surface area contributed by atoms with E-state index in [0.29, 0.717) is 25.7 Å². The number of carbonyl (C=O) groups is 2. The number of hydrogen-bond acceptors (Lipinski definition) is 18. The molecule has 0 aromatic heterocycles. The number of phenolic OH excluding ortho intramolecular Hbond substituents is 3. The number of fused-ring (bicyclic) bond motifs is 3. The molecule has 0 spiro atoms. The van der Waals surface area contributed by atoms with Gasteiger partial charge in [0.15, 0.2) is 30.9 Å². The number of phenols is 3. The fourth-order valence-corrected chi connectivity index (χ4v) is 11.0. The van der Waals surface area contributed by atoms with E-state index in [4.69, 9.17) is 37.9 Å². The average Bonchev–Trinajstić information content (AvgIpc) is 3.25. The second-order valence-electron chi connectivity index (χ2n) is 19.6. The molecule has 66 heavy (non-hydrogen) atoms. The Hall–Kier alpha value is -3.34. The van der Waals surface area contributed by atoms with E-state index in [-0.39, 0.29) is 65.6 Å². The standard InChI is InChI=1S/C48H68N2O16/c1-10-48(66-36-16-27(49(6)7)41(54)22(3)60-36)19-26-38(45(58)39-40(43(26)56)44(57)37-25(42(39)55)12-11-13-30(37)52)32(20-48)63-34-17-28(50(8)9)46(23(4)61-34)65-35-18-31(53)47(24(5)62-35)64-33-15-14-29(51)21(2)59-33/h11-13,21-24,27-29,31-36,41,46-47,51-54,56,58H,10,14-20H2,1-9H3. The Balaban J connectivity index is 1.07. The molecule has 0 radical (unpaired) electrons. The van der Waals surface area contributed by atoms with Crippen molar-refractivity contribution in [3.8, 4) is 17.2 Å². The summed E-state index contributed by atoms with van der Waals surface area (Å²) in [7, 11) is 7.56. The molecule has 0 saturated carbocycles. The Morgan fingerprint density at radius 2 is 1.27 bits per heavy atom. The summed E-state index contributed by atoms with van der Waals surface area (Å²) in [5.41, 5.74) is -2.00. The van der Waals surface area contributed by atoms with Gasteiger partial charge in [0.1, 0.15) is 29.5 Å². The largest absolute Gasteiger partial charge is 0.507 e. The fraction of sp³-hybridized carbons (Fsp3) is 0.708. The maximum Gasteiger partial charge on any atom is 0.202 e. The molecule has 4 heterocycles. The third-order valence-corrected chi connectivity index (χ3v) is 14.8. The third kappa shape index (κ3) is 9.14. The van der Waals surface area contributed by atoms with E-state index in [1.54, 1.807) is 13.8 Å². The topological polar surface area (TPSA) is 236 Å². The van der Waals surface area contributed by atoms with Crippen molar-refractivity contribution in [1.29, 1.82) is 0 Å². The van der Waals surface area contributed by atoms with E-state index in [0.717, 1.165) is 0 Å². The predicted molar refractivity (Wildman–Crippen MR) is 234 cm³/mol. The summed E-state index contributed by atoms with van der Waals surface area (Å²) in [5, 5.41) is 67.6. The molecule has 17 unspecified atom stereocenters. The van der Waals surface area contributed by atoms with Gasteiger partial charge in [-0.1, -0.05) is 19.1 Å². The minimum Gasteiger partial charge on any atom is -0.507 e. The third-order valence-electron chi connectivity index (χ3n) is 14.8. The molecule has 18 heteroatoms. The molecule has 6 aliphatic rings. The number of aliphatic hydroxyl groups is 3. The lowest BCUT2D eigenvalue weighted by molar-refractivity contribution is -0.329. The van der Waals surface area contributed by atoms with Crippen LogP contribution in [0.1, 0.15) is 129 Å². The number of aliphatic hydroxyl groups excluding tert-OH is 3. The van der Waals surface area contributed by atoms with Crippen LogP contribution in [0.4, 0.5) is 0 Å². The first kappa shape index (κ1) is 49.1. The van der Waals surface area contributed by atoms with Crippen molar-refractivity contribution < 1.29 is 78.1 Å². The van der Waals surface area contributed by atoms with Gasteiger partial charge in [-0.15, -0.1) is 0 Å². The van der Waals surface area contributed by atoms with Crippen LogP contribution in [0.15, 0.2) is 18.2 Å². The van der Waals surface area contributed by atoms with Crippen LogP contribution in [0.2, 0.25) is 0 Å². The highest BCUT2D eigenvalue weighted by Gasteiger charge is 2.52. The zero-order chi connectivity index (χ0) is 47.7. The van der Waals surface area contributed by atoms with Gasteiger partial charge in [-0.3, -0.25) is 9.59 Å². The van der Waals surface area contributed by atoms with Crippen molar-refractivity contribution in [2.45, 2.75) is 190 Å². The molecule has 6 N–H and O–H groups in total. The first-order valence-corrected chi connectivity index (χ1v) is 23.4. The number of carbonyl (C=O) groups excluding carboxylic acids is 2. The van der Waals surface area contributed by atoms with Gasteiger partial charge in [0, 0.05) is 67.3 Å². The smallest absolute Gasteiger partial charge is 0.202 e. The summed E-state index contributed by atoms with van der Waals surface area (Å²) in [6, 6.07) is 3.51. The number of nitrogens with zero attached hydrogens (tertiary/aromatic N) is 2. The van der Waals surface area contributed by atoms with E-state index >= 15 is 0 Å². The van der Waals surface area contributed by atoms with Gasteiger partial charge in [0.2, 0.25) is 5.78 Å². The summed E-state index contributed by atoms with van der Waals surface area (Å²) in [4.78, 5) is 32.2. The van der Waals surface area contributed by atoms with Gasteiger partial charge in [0.05, 0.1) is 71.1 Å². The quantitative estimate of drug-likeness (QED) is 0.151. The van der Waals surface area contributed by atoms with Crippen molar-refractivity contribution >= 4 is 11.6 Å². The molecular weight excluding hydrogens is 861 g/mol. The zero-order valence-electron chi connectivity index (χ0n) is 39.3. The zero-order valence-corrected chi connectivity index (χ0v) is 39.3. The lowest BCUT2D eigenvalue weighted by Gasteiger charge is -2.49. The second-order valence-corrected chi connectivity index (χ2v) is 19.6. The molecule has 366 valence electrons. The summed E-state index contributed by atoms with van der Waals surface area (Å²) in [6.07, 6.45) is -7.56. The molecule has 18 nitrogen and oxygen atoms in total. The maximum absolute atomic E-state index is 14.2. The Labute approximate surface area is 385 Å². The normalized spacial score (nSPS) is 39.4. The molecule has 4 saturated heterocycles. The van der Waals surface area contributed by atoms with Crippen LogP contribution in [0.5, 0.6) is 17.2 Å². The Morgan fingerprint density at radius 1 is 0.667 bits per heavy atom. The van der Waals surface area contributed by atoms with E-state index in [1.807, 2.05) is 58.8 Å². The summed E-state index contributed by atoms with van der Waals surface area (Å²) >= 11 is 0. The Morgan fingerprint density at radius 3 is 1.92 bits per heavy atom. The van der Waals surface area contributed by atoms with Gasteiger partial charge in [-0.25, -0.2) is 0 Å². The number of hydrogen-bond donors (Lipinski definition) is 6. The lowest BCUT2D eigenvalue weighted by Crippen LogP contribution is -2.58. The number of likely N-dealkylation sites (N-methyl/N-ethyl adjacent to an activating group) is 2. The molecule has 2 aliphatic carbocycles. The maximum atomic E-state index is 14.2. The molecule has 17 atom stereocenters. The van der Waals surface area contributed by atoms with Crippen molar-refractivity contribution in [2.24, 2.45) is 0 Å². The highest BCUT2D eigenvalue weighted by molar-refractivity contribution is 6.31. The SMILES string of the molecule is CCC1(OC2CC(N(C)C)C(O)C(C)O2)Cc2c(O)c3c(c(O)c2C(OC2CC(N(C)C)C(OC4CC(O)C(OC5CCC(O)C(C)O5)C(C)O4)C(C)O2)C1)C(=O)c1cccc(O)c1C3=O. The number of aromatic hydroxyl groups is 3.